The molecule has 0 amide bonds. The maximum atomic E-state index is 9.87. The summed E-state index contributed by atoms with van der Waals surface area (Å²) >= 11 is 0. The molecule has 18 heteroatoms. The standard InChI is InChI=1S/2C10H14N2.2F6P/c2*1-2-8-12(9-3-1)10-4-6-11-7-5-10;2*1-7(2,3,4,5)6/h2*4-7H,1-3,8-9H2;;/q;;2*-1/p+2. The van der Waals surface area contributed by atoms with E-state index in [0.29, 0.717) is 0 Å². The van der Waals surface area contributed by atoms with E-state index in [9.17, 15) is 50.4 Å². The topological polar surface area (TPSA) is 34.8 Å². The van der Waals surface area contributed by atoms with E-state index in [1.807, 2.05) is 24.8 Å². The van der Waals surface area contributed by atoms with Crippen LogP contribution < -0.4 is 19.8 Å². The van der Waals surface area contributed by atoms with Crippen LogP contribution in [0.15, 0.2) is 49.1 Å². The molecule has 2 aliphatic rings. The van der Waals surface area contributed by atoms with Gasteiger partial charge in [0, 0.05) is 61.8 Å². The van der Waals surface area contributed by atoms with Crippen LogP contribution >= 0.6 is 15.6 Å². The molecule has 0 saturated carbocycles. The van der Waals surface area contributed by atoms with E-state index in [2.05, 4.69) is 44.0 Å². The molecular weight excluding hydrogens is 586 g/mol. The average Bonchev–Trinajstić information content (AvgIpc) is 2.78. The van der Waals surface area contributed by atoms with E-state index in [4.69, 9.17) is 0 Å². The van der Waals surface area contributed by atoms with Crippen LogP contribution in [0, 0.1) is 0 Å². The van der Waals surface area contributed by atoms with Crippen molar-refractivity contribution in [3.05, 3.63) is 49.1 Å². The first-order valence-electron chi connectivity index (χ1n) is 11.4. The maximum Gasteiger partial charge on any atom is 0.169 e. The molecule has 4 heterocycles. The van der Waals surface area contributed by atoms with Crippen molar-refractivity contribution in [3.63, 3.8) is 0 Å². The summed E-state index contributed by atoms with van der Waals surface area (Å²) < 4.78 is 118. The van der Waals surface area contributed by atoms with Crippen LogP contribution in [0.3, 0.4) is 0 Å². The molecule has 0 aliphatic carbocycles. The maximum absolute atomic E-state index is 10.7. The van der Waals surface area contributed by atoms with Crippen LogP contribution in [0.2, 0.25) is 0 Å². The van der Waals surface area contributed by atoms with Crippen LogP contribution in [-0.4, -0.2) is 26.2 Å². The second-order valence-electron chi connectivity index (χ2n) is 8.53. The minimum Gasteiger partial charge on any atom is -0.371 e. The molecule has 4 rings (SSSR count). The van der Waals surface area contributed by atoms with Gasteiger partial charge in [-0.3, -0.25) is 0 Å². The van der Waals surface area contributed by atoms with Crippen molar-refractivity contribution < 1.29 is 60.3 Å². The third-order valence-corrected chi connectivity index (χ3v) is 4.84. The molecule has 2 aromatic rings. The van der Waals surface area contributed by atoms with Gasteiger partial charge in [-0.25, -0.2) is 9.97 Å². The van der Waals surface area contributed by atoms with Gasteiger partial charge in [0.05, 0.1) is 0 Å². The number of aromatic nitrogens is 2. The number of halogens is 12. The van der Waals surface area contributed by atoms with E-state index in [1.54, 1.807) is 0 Å². The van der Waals surface area contributed by atoms with E-state index in [-0.39, 0.29) is 0 Å². The Labute approximate surface area is 211 Å². The number of anilines is 2. The van der Waals surface area contributed by atoms with Gasteiger partial charge in [-0.2, -0.15) is 0 Å². The first kappa shape index (κ1) is 33.9. The predicted molar refractivity (Wildman–Crippen MR) is 125 cm³/mol. The minimum absolute atomic E-state index is 1.23. The number of rotatable bonds is 2. The molecule has 2 saturated heterocycles. The molecule has 2 aromatic heterocycles. The van der Waals surface area contributed by atoms with Gasteiger partial charge in [0.25, 0.3) is 0 Å². The van der Waals surface area contributed by atoms with Crippen LogP contribution in [-0.2, 0) is 0 Å². The molecule has 0 radical (unpaired) electrons. The van der Waals surface area contributed by atoms with Crippen LogP contribution in [0.25, 0.3) is 0 Å². The molecule has 0 unspecified atom stereocenters. The molecule has 38 heavy (non-hydrogen) atoms. The van der Waals surface area contributed by atoms with Crippen molar-refractivity contribution >= 4 is 27.0 Å². The number of H-pyrrole nitrogens is 2. The molecule has 0 aromatic carbocycles. The van der Waals surface area contributed by atoms with E-state index < -0.39 is 15.6 Å². The first-order chi connectivity index (χ1) is 16.8. The van der Waals surface area contributed by atoms with Gasteiger partial charge in [0.1, 0.15) is 0 Å². The molecule has 2 fully saturated rings. The number of nitrogens with zero attached hydrogens (tertiary/aromatic N) is 2. The summed E-state index contributed by atoms with van der Waals surface area (Å²) in [5.74, 6) is 0. The fourth-order valence-electron chi connectivity index (χ4n) is 3.48. The monoisotopic (exact) mass is 616 g/mol. The number of piperidine rings is 2. The molecule has 224 valence electrons. The van der Waals surface area contributed by atoms with Crippen molar-refractivity contribution in [1.82, 2.24) is 0 Å². The summed E-state index contributed by atoms with van der Waals surface area (Å²) in [5, 5.41) is 0. The SMILES string of the molecule is F[P-](F)(F)(F)(F)F.F[P-](F)(F)(F)(F)F.c1cc(N2CCCCC2)cc[nH+]1.c1cc(N2CCCCC2)cc[nH+]1. The summed E-state index contributed by atoms with van der Waals surface area (Å²) in [4.78, 5) is 11.0. The Morgan fingerprint density at radius 2 is 0.632 bits per heavy atom. The molecule has 0 spiro atoms. The number of hydrogen-bond donors (Lipinski definition) is 0. The summed E-state index contributed by atoms with van der Waals surface area (Å²) in [7, 11) is -21.3. The van der Waals surface area contributed by atoms with E-state index >= 15 is 0 Å². The predicted octanol–water partition coefficient (Wildman–Crippen LogP) is 9.75. The number of nitrogens with one attached hydrogen (secondary N) is 2. The Morgan fingerprint density at radius 1 is 0.421 bits per heavy atom. The summed E-state index contributed by atoms with van der Waals surface area (Å²) in [6.07, 6.45) is 16.1. The van der Waals surface area contributed by atoms with E-state index in [0.717, 1.165) is 0 Å². The van der Waals surface area contributed by atoms with Crippen molar-refractivity contribution in [2.45, 2.75) is 38.5 Å². The molecule has 2 aliphatic heterocycles. The Kier molecular flexibility index (Phi) is 10.00. The largest absolute Gasteiger partial charge is 0.371 e. The fourth-order valence-corrected chi connectivity index (χ4v) is 3.48. The van der Waals surface area contributed by atoms with Gasteiger partial charge < -0.3 is 9.80 Å². The van der Waals surface area contributed by atoms with Gasteiger partial charge in [0.2, 0.25) is 0 Å². The minimum atomic E-state index is -10.7. The Bertz CT molecular complexity index is 856. The van der Waals surface area contributed by atoms with Crippen molar-refractivity contribution in [3.8, 4) is 0 Å². The summed E-state index contributed by atoms with van der Waals surface area (Å²) in [6, 6.07) is 8.58. The van der Waals surface area contributed by atoms with Crippen LogP contribution in [0.1, 0.15) is 38.5 Å². The Hall–Kier alpha value is -2.08. The normalized spacial score (nSPS) is 19.8. The zero-order valence-electron chi connectivity index (χ0n) is 20.0. The second kappa shape index (κ2) is 11.2. The molecule has 2 N–H and O–H groups in total. The van der Waals surface area contributed by atoms with Crippen molar-refractivity contribution in [2.24, 2.45) is 0 Å². The van der Waals surface area contributed by atoms with Gasteiger partial charge in [0.15, 0.2) is 24.8 Å². The number of pyridine rings is 2. The molecule has 4 nitrogen and oxygen atoms in total. The van der Waals surface area contributed by atoms with Crippen LogP contribution in [0.4, 0.5) is 61.7 Å². The zero-order chi connectivity index (χ0) is 29.3. The van der Waals surface area contributed by atoms with Crippen molar-refractivity contribution in [1.29, 1.82) is 0 Å². The van der Waals surface area contributed by atoms with Crippen molar-refractivity contribution in [2.75, 3.05) is 36.0 Å². The molecular formula is C20H30F12N4P2. The third kappa shape index (κ3) is 25.6. The average molecular weight is 616 g/mol. The fraction of sp³-hybridized carbons (Fsp3) is 0.500. The van der Waals surface area contributed by atoms with Crippen LogP contribution in [0.5, 0.6) is 0 Å². The van der Waals surface area contributed by atoms with Gasteiger partial charge >= 0.3 is 66.0 Å². The summed E-state index contributed by atoms with van der Waals surface area (Å²) in [5.41, 5.74) is 2.71. The number of aromatic amines is 2. The third-order valence-electron chi connectivity index (χ3n) is 4.84. The smallest absolute Gasteiger partial charge is 0.169 e. The summed E-state index contributed by atoms with van der Waals surface area (Å²) in [6.45, 7) is 4.90. The Balaban J connectivity index is 0.000000264. The number of hydrogen-bond acceptors (Lipinski definition) is 2. The van der Waals surface area contributed by atoms with Gasteiger partial charge in [-0.05, 0) is 38.5 Å². The van der Waals surface area contributed by atoms with Gasteiger partial charge in [-0.1, -0.05) is 0 Å². The first-order valence-corrected chi connectivity index (χ1v) is 15.4. The molecule has 0 atom stereocenters. The molecule has 0 bridgehead atoms. The zero-order valence-corrected chi connectivity index (χ0v) is 21.8. The van der Waals surface area contributed by atoms with E-state index in [1.165, 1.54) is 76.1 Å². The quantitative estimate of drug-likeness (QED) is 0.249. The second-order valence-corrected chi connectivity index (χ2v) is 12.4. The van der Waals surface area contributed by atoms with Gasteiger partial charge in [-0.15, -0.1) is 0 Å². The Morgan fingerprint density at radius 3 is 0.842 bits per heavy atom.